The molecule has 0 heterocycles. The highest BCUT2D eigenvalue weighted by Crippen LogP contribution is 2.65. The molecular weight excluding hydrogens is 279 g/mol. The van der Waals surface area contributed by atoms with Crippen LogP contribution in [0.4, 0.5) is 4.39 Å². The van der Waals surface area contributed by atoms with Crippen molar-refractivity contribution in [2.45, 2.75) is 71.4 Å². The fourth-order valence-corrected chi connectivity index (χ4v) is 6.83. The standard InChI is InChI=1S/C19H27FO2/c1-18-8-7-14-12(13(18)5-6-17(18)22)4-3-11-9-16(21)15(20)10-19(11,14)2/h11-15H,3-10H2,1-2H3/t11-,12-,13-,14-,15-,18-,19-/m0/s1. The van der Waals surface area contributed by atoms with E-state index in [0.29, 0.717) is 42.3 Å². The van der Waals surface area contributed by atoms with E-state index in [9.17, 15) is 14.0 Å². The first kappa shape index (κ1) is 14.8. The minimum atomic E-state index is -1.25. The Morgan fingerprint density at radius 3 is 2.59 bits per heavy atom. The molecule has 0 aromatic rings. The van der Waals surface area contributed by atoms with Gasteiger partial charge in [-0.15, -0.1) is 0 Å². The fourth-order valence-electron chi connectivity index (χ4n) is 6.83. The Kier molecular flexibility index (Phi) is 3.13. The summed E-state index contributed by atoms with van der Waals surface area (Å²) in [5.74, 6) is 2.26. The van der Waals surface area contributed by atoms with Crippen LogP contribution in [-0.4, -0.2) is 17.7 Å². The number of halogens is 1. The maximum absolute atomic E-state index is 14.2. The number of hydrogen-bond donors (Lipinski definition) is 0. The Labute approximate surface area is 132 Å². The first-order chi connectivity index (χ1) is 10.4. The smallest absolute Gasteiger partial charge is 0.167 e. The van der Waals surface area contributed by atoms with E-state index < -0.39 is 6.17 Å². The summed E-state index contributed by atoms with van der Waals surface area (Å²) in [5, 5.41) is 0. The van der Waals surface area contributed by atoms with Crippen LogP contribution in [0.2, 0.25) is 0 Å². The third kappa shape index (κ3) is 1.77. The number of Topliss-reactive ketones (excluding diaryl/α,β-unsaturated/α-hetero) is 2. The van der Waals surface area contributed by atoms with Gasteiger partial charge in [-0.25, -0.2) is 4.39 Å². The van der Waals surface area contributed by atoms with Gasteiger partial charge in [-0.1, -0.05) is 13.8 Å². The Morgan fingerprint density at radius 2 is 1.82 bits per heavy atom. The number of hydrogen-bond acceptors (Lipinski definition) is 2. The second-order valence-electron chi connectivity index (χ2n) is 8.92. The highest BCUT2D eigenvalue weighted by Gasteiger charge is 2.61. The van der Waals surface area contributed by atoms with E-state index in [-0.39, 0.29) is 16.6 Å². The van der Waals surface area contributed by atoms with Crippen LogP contribution < -0.4 is 0 Å². The Bertz CT molecular complexity index is 530. The van der Waals surface area contributed by atoms with E-state index in [1.807, 2.05) is 0 Å². The minimum Gasteiger partial charge on any atom is -0.299 e. The van der Waals surface area contributed by atoms with Gasteiger partial charge in [0, 0.05) is 18.3 Å². The van der Waals surface area contributed by atoms with Crippen LogP contribution in [0, 0.1) is 34.5 Å². The van der Waals surface area contributed by atoms with E-state index in [4.69, 9.17) is 0 Å². The minimum absolute atomic E-state index is 0.0246. The van der Waals surface area contributed by atoms with Crippen molar-refractivity contribution in [3.63, 3.8) is 0 Å². The van der Waals surface area contributed by atoms with Crippen LogP contribution in [0.3, 0.4) is 0 Å². The molecule has 0 aromatic heterocycles. The topological polar surface area (TPSA) is 34.1 Å². The van der Waals surface area contributed by atoms with Crippen molar-refractivity contribution in [3.8, 4) is 0 Å². The summed E-state index contributed by atoms with van der Waals surface area (Å²) in [6.45, 7) is 4.42. The third-order valence-electron chi connectivity index (χ3n) is 8.19. The number of rotatable bonds is 0. The first-order valence-corrected chi connectivity index (χ1v) is 9.06. The van der Waals surface area contributed by atoms with Gasteiger partial charge in [0.25, 0.3) is 0 Å². The molecule has 4 rings (SSSR count). The zero-order valence-corrected chi connectivity index (χ0v) is 13.7. The zero-order chi connectivity index (χ0) is 15.7. The van der Waals surface area contributed by atoms with Gasteiger partial charge in [0.2, 0.25) is 0 Å². The lowest BCUT2D eigenvalue weighted by molar-refractivity contribution is -0.151. The van der Waals surface area contributed by atoms with Crippen LogP contribution in [0.25, 0.3) is 0 Å². The summed E-state index contributed by atoms with van der Waals surface area (Å²) in [4.78, 5) is 24.2. The highest BCUT2D eigenvalue weighted by molar-refractivity contribution is 5.87. The zero-order valence-electron chi connectivity index (χ0n) is 13.7. The average molecular weight is 306 g/mol. The molecule has 0 spiro atoms. The van der Waals surface area contributed by atoms with Crippen molar-refractivity contribution in [2.75, 3.05) is 0 Å². The van der Waals surface area contributed by atoms with Gasteiger partial charge in [-0.3, -0.25) is 9.59 Å². The molecule has 22 heavy (non-hydrogen) atoms. The van der Waals surface area contributed by atoms with Gasteiger partial charge in [0.15, 0.2) is 12.0 Å². The van der Waals surface area contributed by atoms with Gasteiger partial charge in [0.05, 0.1) is 0 Å². The predicted octanol–water partition coefficient (Wildman–Crippen LogP) is 4.12. The van der Waals surface area contributed by atoms with Crippen molar-refractivity contribution < 1.29 is 14.0 Å². The van der Waals surface area contributed by atoms with Crippen molar-refractivity contribution in [2.24, 2.45) is 34.5 Å². The maximum atomic E-state index is 14.2. The summed E-state index contributed by atoms with van der Waals surface area (Å²) >= 11 is 0. The van der Waals surface area contributed by atoms with Crippen molar-refractivity contribution in [1.29, 1.82) is 0 Å². The molecule has 3 heteroatoms. The van der Waals surface area contributed by atoms with E-state index in [0.717, 1.165) is 38.5 Å². The molecule has 122 valence electrons. The lowest BCUT2D eigenvalue weighted by atomic mass is 9.45. The van der Waals surface area contributed by atoms with Gasteiger partial charge >= 0.3 is 0 Å². The predicted molar refractivity (Wildman–Crippen MR) is 82.0 cm³/mol. The molecule has 0 aliphatic heterocycles. The van der Waals surface area contributed by atoms with Crippen LogP contribution in [0.15, 0.2) is 0 Å². The highest BCUT2D eigenvalue weighted by atomic mass is 19.1. The molecule has 4 saturated carbocycles. The number of carbonyl (C=O) groups excluding carboxylic acids is 2. The maximum Gasteiger partial charge on any atom is 0.167 e. The summed E-state index contributed by atoms with van der Waals surface area (Å²) in [5.41, 5.74) is -0.132. The molecule has 0 saturated heterocycles. The fraction of sp³-hybridized carbons (Fsp3) is 0.895. The SMILES string of the molecule is C[C@]12C[C@H](F)C(=O)C[C@@H]1CC[C@@H]1[C@@H]2CC[C@]2(C)C(=O)CC[C@@H]12. The van der Waals surface area contributed by atoms with Crippen LogP contribution in [-0.2, 0) is 9.59 Å². The molecule has 0 radical (unpaired) electrons. The molecule has 0 amide bonds. The lowest BCUT2D eigenvalue weighted by Crippen LogP contribution is -2.55. The molecular formula is C19H27FO2. The van der Waals surface area contributed by atoms with Crippen molar-refractivity contribution in [1.82, 2.24) is 0 Å². The van der Waals surface area contributed by atoms with Crippen LogP contribution >= 0.6 is 0 Å². The van der Waals surface area contributed by atoms with Crippen LogP contribution in [0.1, 0.15) is 65.2 Å². The molecule has 0 aromatic carbocycles. The molecule has 2 nitrogen and oxygen atoms in total. The van der Waals surface area contributed by atoms with E-state index in [2.05, 4.69) is 13.8 Å². The van der Waals surface area contributed by atoms with E-state index in [1.165, 1.54) is 0 Å². The summed E-state index contributed by atoms with van der Waals surface area (Å²) in [6.07, 6.45) is 5.63. The van der Waals surface area contributed by atoms with Gasteiger partial charge < -0.3 is 0 Å². The number of fused-ring (bicyclic) bond motifs is 5. The first-order valence-electron chi connectivity index (χ1n) is 9.06. The number of carbonyl (C=O) groups is 2. The van der Waals surface area contributed by atoms with E-state index >= 15 is 0 Å². The molecule has 4 fully saturated rings. The average Bonchev–Trinajstić information content (AvgIpc) is 2.77. The lowest BCUT2D eigenvalue weighted by Gasteiger charge is -2.59. The quantitative estimate of drug-likeness (QED) is 0.675. The second kappa shape index (κ2) is 4.64. The Balaban J connectivity index is 1.66. The van der Waals surface area contributed by atoms with Gasteiger partial charge in [0.1, 0.15) is 5.78 Å². The monoisotopic (exact) mass is 306 g/mol. The molecule has 7 atom stereocenters. The summed E-state index contributed by atoms with van der Waals surface area (Å²) in [7, 11) is 0. The molecule has 0 unspecified atom stereocenters. The van der Waals surface area contributed by atoms with Gasteiger partial charge in [-0.05, 0) is 67.6 Å². The summed E-state index contributed by atoms with van der Waals surface area (Å²) in [6, 6.07) is 0. The normalized spacial score (nSPS) is 54.6. The summed E-state index contributed by atoms with van der Waals surface area (Å²) < 4.78 is 14.2. The van der Waals surface area contributed by atoms with Crippen molar-refractivity contribution >= 4 is 11.6 Å². The van der Waals surface area contributed by atoms with Crippen molar-refractivity contribution in [3.05, 3.63) is 0 Å². The Hall–Kier alpha value is -0.730. The molecule has 4 aliphatic carbocycles. The molecule has 4 aliphatic rings. The number of ketones is 2. The number of alkyl halides is 1. The third-order valence-corrected chi connectivity index (χ3v) is 8.19. The molecule has 0 bridgehead atoms. The van der Waals surface area contributed by atoms with Gasteiger partial charge in [-0.2, -0.15) is 0 Å². The molecule has 0 N–H and O–H groups in total. The van der Waals surface area contributed by atoms with Crippen LogP contribution in [0.5, 0.6) is 0 Å². The Morgan fingerprint density at radius 1 is 1.05 bits per heavy atom. The van der Waals surface area contributed by atoms with E-state index in [1.54, 1.807) is 0 Å². The largest absolute Gasteiger partial charge is 0.299 e. The second-order valence-corrected chi connectivity index (χ2v) is 8.92.